The SMILES string of the molecule is CCCCCCCCCCCCCCCC(=O)OCC(COP(=O)([O-])OCCNC(=O)CCC(=O)O)OC(=O)CCCCCCCCCCCCCCC.[Na+]. The van der Waals surface area contributed by atoms with Crippen LogP contribution < -0.4 is 39.8 Å². The zero-order valence-electron chi connectivity index (χ0n) is 35.1. The van der Waals surface area contributed by atoms with Gasteiger partial charge in [0.2, 0.25) is 5.91 Å². The first-order valence-electron chi connectivity index (χ1n) is 21.5. The standard InChI is InChI=1S/C41H78NO11P.Na/c1-3-5-7-9-11-13-15-17-19-21-23-25-27-29-40(46)50-35-37(36-52-54(48,49)51-34-33-42-38(43)31-32-39(44)45)53-41(47)30-28-26-24-22-20-18-16-14-12-10-8-6-4-2;/h37H,3-36H2,1-2H3,(H,42,43)(H,44,45)(H,48,49);/q;+1/p-1. The summed E-state index contributed by atoms with van der Waals surface area (Å²) in [6.07, 6.45) is 29.5. The number of aliphatic carboxylic acids is 1. The molecule has 0 aliphatic rings. The van der Waals surface area contributed by atoms with Crippen LogP contribution >= 0.6 is 7.82 Å². The van der Waals surface area contributed by atoms with Crippen molar-refractivity contribution in [3.05, 3.63) is 0 Å². The van der Waals surface area contributed by atoms with Crippen LogP contribution in [0.5, 0.6) is 0 Å². The van der Waals surface area contributed by atoms with E-state index in [1.807, 2.05) is 0 Å². The third-order valence-electron chi connectivity index (χ3n) is 9.36. The van der Waals surface area contributed by atoms with Crippen LogP contribution in [0.1, 0.15) is 206 Å². The molecule has 0 aromatic rings. The van der Waals surface area contributed by atoms with E-state index in [0.717, 1.165) is 38.5 Å². The molecule has 2 unspecified atom stereocenters. The van der Waals surface area contributed by atoms with Crippen molar-refractivity contribution in [1.82, 2.24) is 5.32 Å². The van der Waals surface area contributed by atoms with Crippen LogP contribution in [-0.2, 0) is 42.3 Å². The van der Waals surface area contributed by atoms with E-state index in [1.54, 1.807) is 0 Å². The van der Waals surface area contributed by atoms with Crippen molar-refractivity contribution in [1.29, 1.82) is 0 Å². The van der Waals surface area contributed by atoms with Crippen molar-refractivity contribution >= 4 is 31.6 Å². The summed E-state index contributed by atoms with van der Waals surface area (Å²) in [4.78, 5) is 59.6. The third kappa shape index (κ3) is 42.4. The number of unbranched alkanes of at least 4 members (excludes halogenated alkanes) is 24. The van der Waals surface area contributed by atoms with E-state index < -0.39 is 51.0 Å². The molecule has 0 spiro atoms. The zero-order chi connectivity index (χ0) is 40.0. The van der Waals surface area contributed by atoms with E-state index in [9.17, 15) is 28.6 Å². The summed E-state index contributed by atoms with van der Waals surface area (Å²) < 4.78 is 32.8. The third-order valence-corrected chi connectivity index (χ3v) is 10.3. The fraction of sp³-hybridized carbons (Fsp3) is 0.902. The minimum atomic E-state index is -4.85. The van der Waals surface area contributed by atoms with E-state index >= 15 is 0 Å². The van der Waals surface area contributed by atoms with Crippen LogP contribution in [0.3, 0.4) is 0 Å². The Bertz CT molecular complexity index is 988. The van der Waals surface area contributed by atoms with Crippen molar-refractivity contribution in [2.45, 2.75) is 213 Å². The van der Waals surface area contributed by atoms with Gasteiger partial charge < -0.3 is 33.8 Å². The molecule has 0 fully saturated rings. The molecule has 55 heavy (non-hydrogen) atoms. The molecule has 2 atom stereocenters. The maximum Gasteiger partial charge on any atom is 1.00 e. The zero-order valence-corrected chi connectivity index (χ0v) is 38.0. The molecule has 0 radical (unpaired) electrons. The number of amides is 1. The molecule has 1 amide bonds. The van der Waals surface area contributed by atoms with E-state index in [1.165, 1.54) is 116 Å². The van der Waals surface area contributed by atoms with Gasteiger partial charge in [0.15, 0.2) is 6.10 Å². The largest absolute Gasteiger partial charge is 1.00 e. The normalized spacial score (nSPS) is 12.7. The van der Waals surface area contributed by atoms with E-state index in [0.29, 0.717) is 12.8 Å². The predicted molar refractivity (Wildman–Crippen MR) is 211 cm³/mol. The Morgan fingerprint density at radius 1 is 0.564 bits per heavy atom. The molecule has 14 heteroatoms. The smallest absolute Gasteiger partial charge is 0.756 e. The molecule has 318 valence electrons. The van der Waals surface area contributed by atoms with Gasteiger partial charge >= 0.3 is 47.5 Å². The number of ether oxygens (including phenoxy) is 2. The number of phosphoric acid groups is 1. The molecule has 0 aliphatic heterocycles. The average molecular weight is 814 g/mol. The van der Waals surface area contributed by atoms with Gasteiger partial charge in [0.25, 0.3) is 7.82 Å². The van der Waals surface area contributed by atoms with Gasteiger partial charge in [0.1, 0.15) is 6.61 Å². The Hall–Kier alpha value is -1.01. The maximum absolute atomic E-state index is 12.6. The molecule has 0 aromatic carbocycles. The number of carbonyl (C=O) groups is 4. The van der Waals surface area contributed by atoms with Gasteiger partial charge in [-0.2, -0.15) is 0 Å². The Kier molecular flexibility index (Phi) is 42.0. The van der Waals surface area contributed by atoms with Crippen LogP contribution in [0.2, 0.25) is 0 Å². The minimum absolute atomic E-state index is 0. The molecule has 0 saturated carbocycles. The Labute approximate surface area is 356 Å². The van der Waals surface area contributed by atoms with Crippen molar-refractivity contribution in [2.24, 2.45) is 0 Å². The molecule has 12 nitrogen and oxygen atoms in total. The summed E-state index contributed by atoms with van der Waals surface area (Å²) in [6.45, 7) is 2.91. The van der Waals surface area contributed by atoms with E-state index in [-0.39, 0.29) is 68.4 Å². The van der Waals surface area contributed by atoms with Crippen LogP contribution in [-0.4, -0.2) is 61.4 Å². The Morgan fingerprint density at radius 2 is 0.964 bits per heavy atom. The summed E-state index contributed by atoms with van der Waals surface area (Å²) in [7, 11) is -4.85. The van der Waals surface area contributed by atoms with Gasteiger partial charge in [-0.15, -0.1) is 0 Å². The molecule has 0 rings (SSSR count). The molecule has 0 aromatic heterocycles. The number of hydrogen-bond donors (Lipinski definition) is 2. The van der Waals surface area contributed by atoms with Crippen LogP contribution in [0.25, 0.3) is 0 Å². The number of nitrogens with one attached hydrogen (secondary N) is 1. The second-order valence-corrected chi connectivity index (χ2v) is 16.0. The summed E-state index contributed by atoms with van der Waals surface area (Å²) in [5.74, 6) is -2.65. The van der Waals surface area contributed by atoms with Crippen LogP contribution in [0.4, 0.5) is 0 Å². The first-order chi connectivity index (χ1) is 26.1. The van der Waals surface area contributed by atoms with Gasteiger partial charge in [-0.25, -0.2) is 0 Å². The fourth-order valence-electron chi connectivity index (χ4n) is 6.06. The van der Waals surface area contributed by atoms with Crippen molar-refractivity contribution in [3.63, 3.8) is 0 Å². The van der Waals surface area contributed by atoms with E-state index in [2.05, 4.69) is 19.2 Å². The van der Waals surface area contributed by atoms with Crippen LogP contribution in [0.15, 0.2) is 0 Å². The first kappa shape index (κ1) is 56.1. The molecule has 0 bridgehead atoms. The monoisotopic (exact) mass is 814 g/mol. The summed E-state index contributed by atoms with van der Waals surface area (Å²) in [5.41, 5.74) is 0. The first-order valence-corrected chi connectivity index (χ1v) is 23.0. The predicted octanol–water partition coefficient (Wildman–Crippen LogP) is 6.89. The average Bonchev–Trinajstić information content (AvgIpc) is 3.14. The van der Waals surface area contributed by atoms with Crippen molar-refractivity contribution in [3.8, 4) is 0 Å². The number of carboxylic acids is 1. The van der Waals surface area contributed by atoms with Gasteiger partial charge in [-0.3, -0.25) is 23.7 Å². The summed E-state index contributed by atoms with van der Waals surface area (Å²) in [6, 6.07) is 0. The number of esters is 2. The Morgan fingerprint density at radius 3 is 1.38 bits per heavy atom. The van der Waals surface area contributed by atoms with Crippen molar-refractivity contribution < 1.29 is 81.8 Å². The van der Waals surface area contributed by atoms with Gasteiger partial charge in [-0.05, 0) is 12.8 Å². The molecule has 0 heterocycles. The number of rotatable bonds is 41. The molecule has 2 N–H and O–H groups in total. The molecule has 0 saturated heterocycles. The number of carbonyl (C=O) groups excluding carboxylic acids is 3. The second kappa shape index (κ2) is 41.2. The molecular weight excluding hydrogens is 736 g/mol. The second-order valence-electron chi connectivity index (χ2n) is 14.6. The maximum atomic E-state index is 12.6. The quantitative estimate of drug-likeness (QED) is 0.0284. The number of phosphoric ester groups is 1. The summed E-state index contributed by atoms with van der Waals surface area (Å²) in [5, 5.41) is 11.0. The number of carboxylic acid groups (broad SMARTS) is 1. The molecule has 0 aliphatic carbocycles. The van der Waals surface area contributed by atoms with Crippen LogP contribution in [0, 0.1) is 0 Å². The van der Waals surface area contributed by atoms with Gasteiger partial charge in [0, 0.05) is 25.8 Å². The molecular formula is C41H77NNaO11P. The minimum Gasteiger partial charge on any atom is -0.756 e. The van der Waals surface area contributed by atoms with Crippen molar-refractivity contribution in [2.75, 3.05) is 26.4 Å². The topological polar surface area (TPSA) is 178 Å². The number of hydrogen-bond acceptors (Lipinski definition) is 10. The van der Waals surface area contributed by atoms with E-state index in [4.69, 9.17) is 23.6 Å². The van der Waals surface area contributed by atoms with Gasteiger partial charge in [0.05, 0.1) is 19.6 Å². The fourth-order valence-corrected chi connectivity index (χ4v) is 6.80. The van der Waals surface area contributed by atoms with Gasteiger partial charge in [-0.1, -0.05) is 168 Å². The Balaban J connectivity index is 0. The summed E-state index contributed by atoms with van der Waals surface area (Å²) >= 11 is 0.